The Bertz CT molecular complexity index is 1210. The fourth-order valence-corrected chi connectivity index (χ4v) is 4.84. The highest BCUT2D eigenvalue weighted by Crippen LogP contribution is 2.41. The molecule has 3 aromatic rings. The van der Waals surface area contributed by atoms with Crippen LogP contribution in [0.3, 0.4) is 0 Å². The van der Waals surface area contributed by atoms with Gasteiger partial charge in [0.15, 0.2) is 5.71 Å². The third kappa shape index (κ3) is 3.57. The predicted octanol–water partition coefficient (Wildman–Crippen LogP) is 4.41. The number of nitrogens with zero attached hydrogens (tertiary/aromatic N) is 3. The molecule has 0 unspecified atom stereocenters. The molecule has 3 aromatic carbocycles. The van der Waals surface area contributed by atoms with E-state index < -0.39 is 5.97 Å². The standard InChI is InChI=1S/C27H25N3O3/c1-18(19-11-5-3-6-12-19)29-17-23-24(20-13-7-4-8-14-20)25(27(32)33-2)28-30(23)22-16-10-9-15-21(22)26(29)31/h3-16,18,23-24H,17H2,1-2H3/t18-,23+,24+/m0/s1. The molecule has 2 heterocycles. The third-order valence-electron chi connectivity index (χ3n) is 6.54. The molecule has 0 saturated heterocycles. The summed E-state index contributed by atoms with van der Waals surface area (Å²) in [5.41, 5.74) is 3.65. The Morgan fingerprint density at radius 2 is 1.61 bits per heavy atom. The van der Waals surface area contributed by atoms with Crippen LogP contribution in [0.4, 0.5) is 5.69 Å². The number of methoxy groups -OCH3 is 1. The van der Waals surface area contributed by atoms with Crippen LogP contribution in [0.2, 0.25) is 0 Å². The van der Waals surface area contributed by atoms with Crippen LogP contribution in [0.25, 0.3) is 0 Å². The number of carbonyl (C=O) groups excluding carboxylic acids is 2. The molecular weight excluding hydrogens is 414 g/mol. The molecule has 33 heavy (non-hydrogen) atoms. The molecular formula is C27H25N3O3. The van der Waals surface area contributed by atoms with Gasteiger partial charge in [0.2, 0.25) is 0 Å². The van der Waals surface area contributed by atoms with Crippen molar-refractivity contribution in [3.63, 3.8) is 0 Å². The molecule has 0 radical (unpaired) electrons. The Hall–Kier alpha value is -3.93. The monoisotopic (exact) mass is 439 g/mol. The van der Waals surface area contributed by atoms with Crippen LogP contribution < -0.4 is 5.01 Å². The Labute approximate surface area is 193 Å². The van der Waals surface area contributed by atoms with E-state index >= 15 is 0 Å². The summed E-state index contributed by atoms with van der Waals surface area (Å²) in [5, 5.41) is 6.58. The maximum Gasteiger partial charge on any atom is 0.354 e. The maximum atomic E-state index is 13.8. The van der Waals surface area contributed by atoms with Crippen molar-refractivity contribution in [1.29, 1.82) is 0 Å². The van der Waals surface area contributed by atoms with E-state index in [0.717, 1.165) is 11.1 Å². The van der Waals surface area contributed by atoms with E-state index in [-0.39, 0.29) is 23.9 Å². The van der Waals surface area contributed by atoms with Crippen LogP contribution in [0, 0.1) is 0 Å². The van der Waals surface area contributed by atoms with Gasteiger partial charge in [-0.15, -0.1) is 0 Å². The van der Waals surface area contributed by atoms with E-state index in [4.69, 9.17) is 9.84 Å². The van der Waals surface area contributed by atoms with Gasteiger partial charge >= 0.3 is 5.97 Å². The lowest BCUT2D eigenvalue weighted by molar-refractivity contribution is -0.132. The lowest BCUT2D eigenvalue weighted by Crippen LogP contribution is -2.44. The van der Waals surface area contributed by atoms with E-state index in [0.29, 0.717) is 23.5 Å². The van der Waals surface area contributed by atoms with Crippen LogP contribution in [0.5, 0.6) is 0 Å². The topological polar surface area (TPSA) is 62.2 Å². The predicted molar refractivity (Wildman–Crippen MR) is 127 cm³/mol. The first kappa shape index (κ1) is 20.9. The normalized spacial score (nSPS) is 20.4. The molecule has 6 heteroatoms. The summed E-state index contributed by atoms with van der Waals surface area (Å²) in [6.07, 6.45) is 0. The van der Waals surface area contributed by atoms with Gasteiger partial charge in [-0.1, -0.05) is 72.8 Å². The van der Waals surface area contributed by atoms with E-state index in [9.17, 15) is 9.59 Å². The number of rotatable bonds is 4. The molecule has 2 aliphatic heterocycles. The number of para-hydroxylation sites is 1. The van der Waals surface area contributed by atoms with Gasteiger partial charge in [0.05, 0.1) is 36.4 Å². The van der Waals surface area contributed by atoms with Crippen molar-refractivity contribution in [3.8, 4) is 0 Å². The van der Waals surface area contributed by atoms with Gasteiger partial charge in [-0.2, -0.15) is 5.10 Å². The minimum atomic E-state index is -0.455. The molecule has 0 saturated carbocycles. The summed E-state index contributed by atoms with van der Waals surface area (Å²) < 4.78 is 5.10. The van der Waals surface area contributed by atoms with Crippen LogP contribution in [-0.4, -0.2) is 42.2 Å². The molecule has 5 rings (SSSR count). The highest BCUT2D eigenvalue weighted by molar-refractivity contribution is 6.39. The Kier molecular flexibility index (Phi) is 5.42. The average Bonchev–Trinajstić information content (AvgIpc) is 3.20. The van der Waals surface area contributed by atoms with Crippen LogP contribution >= 0.6 is 0 Å². The quantitative estimate of drug-likeness (QED) is 0.565. The van der Waals surface area contributed by atoms with Crippen molar-refractivity contribution in [2.45, 2.75) is 24.9 Å². The molecule has 1 amide bonds. The van der Waals surface area contributed by atoms with Gasteiger partial charge in [0.1, 0.15) is 0 Å². The molecule has 0 aliphatic carbocycles. The molecule has 3 atom stereocenters. The second-order valence-electron chi connectivity index (χ2n) is 8.34. The summed E-state index contributed by atoms with van der Waals surface area (Å²) in [6.45, 7) is 2.45. The first-order valence-corrected chi connectivity index (χ1v) is 11.1. The summed E-state index contributed by atoms with van der Waals surface area (Å²) in [7, 11) is 1.37. The fraction of sp³-hybridized carbons (Fsp3) is 0.222. The van der Waals surface area contributed by atoms with Gasteiger partial charge in [-0.05, 0) is 30.2 Å². The van der Waals surface area contributed by atoms with Gasteiger partial charge in [-0.3, -0.25) is 9.80 Å². The Morgan fingerprint density at radius 1 is 0.970 bits per heavy atom. The minimum Gasteiger partial charge on any atom is -0.464 e. The van der Waals surface area contributed by atoms with E-state index in [1.165, 1.54) is 7.11 Å². The number of carbonyl (C=O) groups is 2. The van der Waals surface area contributed by atoms with Gasteiger partial charge in [0, 0.05) is 6.54 Å². The number of benzene rings is 3. The number of hydrogen-bond donors (Lipinski definition) is 0. The van der Waals surface area contributed by atoms with E-state index in [2.05, 4.69) is 0 Å². The molecule has 0 bridgehead atoms. The average molecular weight is 440 g/mol. The number of esters is 1. The van der Waals surface area contributed by atoms with E-state index in [1.807, 2.05) is 102 Å². The largest absolute Gasteiger partial charge is 0.464 e. The fourth-order valence-electron chi connectivity index (χ4n) is 4.84. The second kappa shape index (κ2) is 8.54. The van der Waals surface area contributed by atoms with Crippen LogP contribution in [0.15, 0.2) is 90.0 Å². The van der Waals surface area contributed by atoms with Gasteiger partial charge in [0.25, 0.3) is 5.91 Å². The number of fused-ring (bicyclic) bond motifs is 3. The summed E-state index contributed by atoms with van der Waals surface area (Å²) in [5.74, 6) is -0.829. The lowest BCUT2D eigenvalue weighted by Gasteiger charge is -2.33. The molecule has 0 N–H and O–H groups in total. The van der Waals surface area contributed by atoms with Crippen LogP contribution in [0.1, 0.15) is 40.4 Å². The smallest absolute Gasteiger partial charge is 0.354 e. The molecule has 0 fully saturated rings. The molecule has 6 nitrogen and oxygen atoms in total. The number of amides is 1. The molecule has 0 spiro atoms. The zero-order valence-electron chi connectivity index (χ0n) is 18.6. The Balaban J connectivity index is 1.66. The van der Waals surface area contributed by atoms with Crippen molar-refractivity contribution in [1.82, 2.24) is 4.90 Å². The number of hydrogen-bond acceptors (Lipinski definition) is 5. The summed E-state index contributed by atoms with van der Waals surface area (Å²) in [4.78, 5) is 28.4. The molecule has 166 valence electrons. The van der Waals surface area contributed by atoms with Gasteiger partial charge in [-0.25, -0.2) is 4.79 Å². The maximum absolute atomic E-state index is 13.8. The van der Waals surface area contributed by atoms with Gasteiger partial charge < -0.3 is 9.64 Å². The number of ether oxygens (including phenoxy) is 1. The van der Waals surface area contributed by atoms with Crippen LogP contribution in [-0.2, 0) is 9.53 Å². The van der Waals surface area contributed by atoms with Crippen molar-refractivity contribution < 1.29 is 14.3 Å². The highest BCUT2D eigenvalue weighted by Gasteiger charge is 2.47. The number of anilines is 1. The molecule has 2 aliphatic rings. The summed E-state index contributed by atoms with van der Waals surface area (Å²) >= 11 is 0. The SMILES string of the molecule is COC(=O)C1=NN2c3ccccc3C(=O)N([C@@H](C)c3ccccc3)C[C@@H]2[C@H]1c1ccccc1. The molecule has 0 aromatic heterocycles. The zero-order chi connectivity index (χ0) is 22.9. The van der Waals surface area contributed by atoms with Crippen molar-refractivity contribution in [2.24, 2.45) is 5.10 Å². The van der Waals surface area contributed by atoms with Crippen molar-refractivity contribution in [3.05, 3.63) is 102 Å². The first-order valence-electron chi connectivity index (χ1n) is 11.1. The van der Waals surface area contributed by atoms with Crippen molar-refractivity contribution in [2.75, 3.05) is 18.7 Å². The number of hydrazone groups is 1. The Morgan fingerprint density at radius 3 is 2.30 bits per heavy atom. The lowest BCUT2D eigenvalue weighted by atomic mass is 9.87. The summed E-state index contributed by atoms with van der Waals surface area (Å²) in [6, 6.07) is 26.9. The zero-order valence-corrected chi connectivity index (χ0v) is 18.6. The highest BCUT2D eigenvalue weighted by atomic mass is 16.5. The minimum absolute atomic E-state index is 0.0435. The van der Waals surface area contributed by atoms with E-state index in [1.54, 1.807) is 0 Å². The third-order valence-corrected chi connectivity index (χ3v) is 6.54. The first-order chi connectivity index (χ1) is 16.1. The second-order valence-corrected chi connectivity index (χ2v) is 8.34. The van der Waals surface area contributed by atoms with Crippen molar-refractivity contribution >= 4 is 23.3 Å².